The van der Waals surface area contributed by atoms with Crippen LogP contribution in [-0.2, 0) is 9.59 Å². The first kappa shape index (κ1) is 15.5. The molecule has 0 spiro atoms. The molecule has 1 rings (SSSR count). The van der Waals surface area contributed by atoms with E-state index in [2.05, 4.69) is 0 Å². The summed E-state index contributed by atoms with van der Waals surface area (Å²) >= 11 is 0. The maximum Gasteiger partial charge on any atom is 0.140 e. The number of hydrogen-bond donors (Lipinski definition) is 0. The molecule has 0 saturated carbocycles. The summed E-state index contributed by atoms with van der Waals surface area (Å²) in [6.45, 7) is 5.57. The number of halogens is 1. The Hall–Kier alpha value is -1.51. The van der Waals surface area contributed by atoms with Crippen molar-refractivity contribution in [1.29, 1.82) is 0 Å². The molecule has 0 N–H and O–H groups in total. The molecule has 0 radical (unpaired) electrons. The van der Waals surface area contributed by atoms with Gasteiger partial charge in [-0.3, -0.25) is 4.79 Å². The van der Waals surface area contributed by atoms with Crippen molar-refractivity contribution in [2.75, 3.05) is 0 Å². The van der Waals surface area contributed by atoms with E-state index in [-0.39, 0.29) is 18.0 Å². The van der Waals surface area contributed by atoms with Gasteiger partial charge in [-0.25, -0.2) is 4.39 Å². The molecule has 0 heterocycles. The van der Waals surface area contributed by atoms with Crippen molar-refractivity contribution >= 4 is 12.1 Å². The molecular weight excluding hydrogens is 243 g/mol. The maximum atomic E-state index is 14.1. The molecule has 0 bridgehead atoms. The second kappa shape index (κ2) is 7.17. The summed E-state index contributed by atoms with van der Waals surface area (Å²) < 4.78 is 14.1. The summed E-state index contributed by atoms with van der Waals surface area (Å²) in [6, 6.07) is 3.33. The van der Waals surface area contributed by atoms with E-state index in [4.69, 9.17) is 0 Å². The fourth-order valence-corrected chi connectivity index (χ4v) is 2.49. The average Bonchev–Trinajstić information content (AvgIpc) is 2.32. The molecule has 0 aliphatic heterocycles. The molecule has 1 atom stereocenters. The summed E-state index contributed by atoms with van der Waals surface area (Å²) in [5, 5.41) is 0. The summed E-state index contributed by atoms with van der Waals surface area (Å²) in [4.78, 5) is 22.7. The highest BCUT2D eigenvalue weighted by atomic mass is 19.1. The topological polar surface area (TPSA) is 34.1 Å². The Morgan fingerprint density at radius 3 is 2.58 bits per heavy atom. The molecule has 2 nitrogen and oxygen atoms in total. The molecular formula is C16H21FO2. The van der Waals surface area contributed by atoms with Crippen LogP contribution in [0.1, 0.15) is 55.2 Å². The molecule has 1 unspecified atom stereocenters. The molecule has 3 heteroatoms. The van der Waals surface area contributed by atoms with E-state index in [1.165, 1.54) is 6.07 Å². The van der Waals surface area contributed by atoms with Gasteiger partial charge in [0.1, 0.15) is 17.9 Å². The van der Waals surface area contributed by atoms with Crippen molar-refractivity contribution in [2.24, 2.45) is 0 Å². The Labute approximate surface area is 114 Å². The number of ketones is 1. The summed E-state index contributed by atoms with van der Waals surface area (Å²) in [5.74, 6) is -0.807. The van der Waals surface area contributed by atoms with Crippen molar-refractivity contribution in [2.45, 2.75) is 52.4 Å². The molecule has 0 aliphatic rings. The van der Waals surface area contributed by atoms with E-state index < -0.39 is 5.92 Å². The highest BCUT2D eigenvalue weighted by Gasteiger charge is 2.24. The number of aryl methyl sites for hydroxylation is 2. The Kier molecular flexibility index (Phi) is 5.87. The molecule has 1 aromatic rings. The molecule has 0 amide bonds. The molecule has 0 saturated heterocycles. The zero-order valence-electron chi connectivity index (χ0n) is 11.8. The predicted molar refractivity (Wildman–Crippen MR) is 73.8 cm³/mol. The monoisotopic (exact) mass is 264 g/mol. The summed E-state index contributed by atoms with van der Waals surface area (Å²) in [6.07, 6.45) is 2.63. The van der Waals surface area contributed by atoms with Crippen LogP contribution in [0.4, 0.5) is 4.39 Å². The fourth-order valence-electron chi connectivity index (χ4n) is 2.49. The van der Waals surface area contributed by atoms with Crippen LogP contribution in [0.2, 0.25) is 0 Å². The van der Waals surface area contributed by atoms with Gasteiger partial charge in [-0.15, -0.1) is 0 Å². The number of hydrogen-bond acceptors (Lipinski definition) is 2. The van der Waals surface area contributed by atoms with Crippen molar-refractivity contribution in [3.05, 3.63) is 34.6 Å². The van der Waals surface area contributed by atoms with Crippen LogP contribution < -0.4 is 0 Å². The number of Topliss-reactive ketones (excluding diaryl/α,β-unsaturated/α-hetero) is 1. The third-order valence-corrected chi connectivity index (χ3v) is 3.29. The minimum atomic E-state index is -0.495. The fraction of sp³-hybridized carbons (Fsp3) is 0.500. The van der Waals surface area contributed by atoms with Gasteiger partial charge in [0.15, 0.2) is 0 Å². The summed E-state index contributed by atoms with van der Waals surface area (Å²) in [7, 11) is 0. The maximum absolute atomic E-state index is 14.1. The van der Waals surface area contributed by atoms with Crippen molar-refractivity contribution in [3.63, 3.8) is 0 Å². The van der Waals surface area contributed by atoms with Gasteiger partial charge < -0.3 is 4.79 Å². The van der Waals surface area contributed by atoms with Gasteiger partial charge in [-0.05, 0) is 43.9 Å². The quantitative estimate of drug-likeness (QED) is 0.700. The van der Waals surface area contributed by atoms with Gasteiger partial charge in [0.2, 0.25) is 0 Å². The molecule has 1 aromatic carbocycles. The first-order valence-corrected chi connectivity index (χ1v) is 6.74. The van der Waals surface area contributed by atoms with Crippen molar-refractivity contribution in [1.82, 2.24) is 0 Å². The first-order chi connectivity index (χ1) is 9.01. The lowest BCUT2D eigenvalue weighted by Gasteiger charge is -2.18. The number of carbonyl (C=O) groups is 2. The Bertz CT molecular complexity index is 443. The van der Waals surface area contributed by atoms with Crippen molar-refractivity contribution < 1.29 is 14.0 Å². The van der Waals surface area contributed by atoms with Crippen LogP contribution in [0.3, 0.4) is 0 Å². The van der Waals surface area contributed by atoms with Gasteiger partial charge in [-0.2, -0.15) is 0 Å². The normalized spacial score (nSPS) is 12.2. The van der Waals surface area contributed by atoms with E-state index in [0.717, 1.165) is 23.8 Å². The van der Waals surface area contributed by atoms with Gasteiger partial charge in [0.25, 0.3) is 0 Å². The molecule has 19 heavy (non-hydrogen) atoms. The Morgan fingerprint density at radius 2 is 2.05 bits per heavy atom. The van der Waals surface area contributed by atoms with E-state index in [9.17, 15) is 14.0 Å². The van der Waals surface area contributed by atoms with Crippen LogP contribution in [-0.4, -0.2) is 12.1 Å². The van der Waals surface area contributed by atoms with Gasteiger partial charge >= 0.3 is 0 Å². The SMILES string of the molecule is CCCC(=O)C(CCC=O)c1c(C)cc(C)cc1F. The lowest BCUT2D eigenvalue weighted by Crippen LogP contribution is -2.16. The van der Waals surface area contributed by atoms with E-state index in [0.29, 0.717) is 18.4 Å². The number of aldehydes is 1. The zero-order valence-corrected chi connectivity index (χ0v) is 11.8. The molecule has 0 aliphatic carbocycles. The zero-order chi connectivity index (χ0) is 14.4. The van der Waals surface area contributed by atoms with Crippen LogP contribution in [0.5, 0.6) is 0 Å². The van der Waals surface area contributed by atoms with Crippen LogP contribution >= 0.6 is 0 Å². The smallest absolute Gasteiger partial charge is 0.140 e. The highest BCUT2D eigenvalue weighted by molar-refractivity contribution is 5.86. The standard InChI is InChI=1S/C16H21FO2/c1-4-6-15(19)13(7-5-8-18)16-12(3)9-11(2)10-14(16)17/h8-10,13H,4-7H2,1-3H3. The molecule has 0 aromatic heterocycles. The van der Waals surface area contributed by atoms with Gasteiger partial charge in [-0.1, -0.05) is 13.0 Å². The third kappa shape index (κ3) is 3.98. The largest absolute Gasteiger partial charge is 0.303 e. The lowest BCUT2D eigenvalue weighted by molar-refractivity contribution is -0.120. The Balaban J connectivity index is 3.16. The lowest BCUT2D eigenvalue weighted by atomic mass is 9.85. The molecule has 0 fully saturated rings. The predicted octanol–water partition coefficient (Wildman–Crippen LogP) is 3.87. The first-order valence-electron chi connectivity index (χ1n) is 6.74. The van der Waals surface area contributed by atoms with E-state index in [1.807, 2.05) is 26.8 Å². The number of benzene rings is 1. The highest BCUT2D eigenvalue weighted by Crippen LogP contribution is 2.30. The number of carbonyl (C=O) groups excluding carboxylic acids is 2. The van der Waals surface area contributed by atoms with Gasteiger partial charge in [0.05, 0.1) is 0 Å². The third-order valence-electron chi connectivity index (χ3n) is 3.29. The minimum absolute atomic E-state index is 0.0233. The van der Waals surface area contributed by atoms with Crippen LogP contribution in [0.15, 0.2) is 12.1 Å². The van der Waals surface area contributed by atoms with Crippen LogP contribution in [0, 0.1) is 19.7 Å². The van der Waals surface area contributed by atoms with Crippen molar-refractivity contribution in [3.8, 4) is 0 Å². The minimum Gasteiger partial charge on any atom is -0.303 e. The van der Waals surface area contributed by atoms with E-state index >= 15 is 0 Å². The average molecular weight is 264 g/mol. The second-order valence-electron chi connectivity index (χ2n) is 4.99. The molecule has 104 valence electrons. The Morgan fingerprint density at radius 1 is 1.37 bits per heavy atom. The van der Waals surface area contributed by atoms with E-state index in [1.54, 1.807) is 0 Å². The summed E-state index contributed by atoms with van der Waals surface area (Å²) in [5.41, 5.74) is 2.10. The van der Waals surface area contributed by atoms with Crippen LogP contribution in [0.25, 0.3) is 0 Å². The second-order valence-corrected chi connectivity index (χ2v) is 4.99. The number of rotatable bonds is 7. The van der Waals surface area contributed by atoms with Gasteiger partial charge in [0, 0.05) is 24.3 Å².